The third-order valence-corrected chi connectivity index (χ3v) is 10.5. The maximum atomic E-state index is 2.52. The average Bonchev–Trinajstić information content (AvgIpc) is 3.30. The van der Waals surface area contributed by atoms with E-state index >= 15 is 0 Å². The van der Waals surface area contributed by atoms with Crippen LogP contribution in [0.15, 0.2) is 75.1 Å². The van der Waals surface area contributed by atoms with Crippen molar-refractivity contribution < 1.29 is 32.6 Å². The monoisotopic (exact) mass is 465 g/mol. The maximum absolute atomic E-state index is 2.52. The number of aromatic nitrogens is 1. The third kappa shape index (κ3) is 3.53. The number of hydrogen-bond donors (Lipinski definition) is 0. The van der Waals surface area contributed by atoms with Crippen LogP contribution in [0, 0.1) is 6.92 Å². The van der Waals surface area contributed by atoms with Crippen molar-refractivity contribution in [2.24, 2.45) is 0 Å². The van der Waals surface area contributed by atoms with Gasteiger partial charge in [-0.2, -0.15) is 0 Å². The summed E-state index contributed by atoms with van der Waals surface area (Å²) in [5.74, 6) is 0. The number of hydrogen-bond acceptors (Lipinski definition) is 0. The number of para-hydroxylation sites is 1. The Kier molecular flexibility index (Phi) is 6.24. The summed E-state index contributed by atoms with van der Waals surface area (Å²) in [7, 11) is 0. The van der Waals surface area contributed by atoms with E-state index in [1.54, 1.807) is 14.4 Å². The third-order valence-electron chi connectivity index (χ3n) is 6.03. The number of halogens is 2. The van der Waals surface area contributed by atoms with Gasteiger partial charge in [-0.25, -0.2) is 0 Å². The number of rotatable bonds is 3. The molecule has 0 saturated carbocycles. The van der Waals surface area contributed by atoms with Crippen molar-refractivity contribution in [1.82, 2.24) is 4.57 Å². The van der Waals surface area contributed by atoms with Crippen molar-refractivity contribution in [1.29, 1.82) is 0 Å². The van der Waals surface area contributed by atoms with E-state index in [2.05, 4.69) is 92.1 Å². The van der Waals surface area contributed by atoms with Crippen molar-refractivity contribution in [2.75, 3.05) is 0 Å². The number of benzene rings is 2. The molecule has 2 aliphatic carbocycles. The molecule has 1 aromatic heterocycles. The smallest absolute Gasteiger partial charge is 1.00 e. The molecule has 29 heavy (non-hydrogen) atoms. The van der Waals surface area contributed by atoms with E-state index in [0.717, 1.165) is 0 Å². The Labute approximate surface area is 182 Å². The molecular weight excluding hydrogens is 444 g/mol. The van der Waals surface area contributed by atoms with Gasteiger partial charge in [-0.1, -0.05) is 0 Å². The molecule has 1 atom stereocenters. The van der Waals surface area contributed by atoms with Gasteiger partial charge in [0.2, 0.25) is 0 Å². The second-order valence-corrected chi connectivity index (χ2v) is 11.3. The Morgan fingerprint density at radius 2 is 1.66 bits per heavy atom. The largest absolute Gasteiger partial charge is 1.00 e. The first-order valence-electron chi connectivity index (χ1n) is 9.65. The van der Waals surface area contributed by atoms with Gasteiger partial charge in [-0.3, -0.25) is 0 Å². The molecule has 1 unspecified atom stereocenters. The number of aryl methyl sites for hydroxylation is 1. The molecule has 0 amide bonds. The van der Waals surface area contributed by atoms with Gasteiger partial charge >= 0.3 is 173 Å². The zero-order valence-electron chi connectivity index (χ0n) is 16.8. The summed E-state index contributed by atoms with van der Waals surface area (Å²) in [6.45, 7) is 6.85. The predicted octanol–water partition coefficient (Wildman–Crippen LogP) is 0.717. The zero-order chi connectivity index (χ0) is 18.5. The van der Waals surface area contributed by atoms with Crippen LogP contribution < -0.4 is 9.41 Å². The average molecular weight is 467 g/mol. The predicted molar refractivity (Wildman–Crippen MR) is 111 cm³/mol. The van der Waals surface area contributed by atoms with Crippen LogP contribution in [0.25, 0.3) is 22.7 Å². The van der Waals surface area contributed by atoms with Crippen LogP contribution in [0.4, 0.5) is 0 Å². The Morgan fingerprint density at radius 1 is 0.931 bits per heavy atom. The van der Waals surface area contributed by atoms with E-state index in [0.29, 0.717) is 3.63 Å². The molecule has 3 aromatic rings. The SMILES string of the molecule is CC1=CC[C]([Zr+2][CH]2C(n3c(C)cc4ccccc43)=Cc3ccccc32)=C1C.[F-].[F-]. The van der Waals surface area contributed by atoms with Crippen molar-refractivity contribution in [3.63, 3.8) is 0 Å². The van der Waals surface area contributed by atoms with Crippen LogP contribution in [0.1, 0.15) is 40.7 Å². The van der Waals surface area contributed by atoms with Gasteiger partial charge in [0.05, 0.1) is 0 Å². The van der Waals surface area contributed by atoms with Gasteiger partial charge in [-0.15, -0.1) is 0 Å². The minimum Gasteiger partial charge on any atom is -1.00 e. The Hall–Kier alpha value is -2.06. The standard InChI is InChI=1S/C18H14N.C7H9.2FH.Zr/c1-13-10-16-8-4-5-9-18(16)19(13)17-11-14-6-2-3-7-15(14)12-17;1-6-4-3-5-7(6)2;;;/h2-12H,1H3;4H,3H2,1-2H3;2*1H;/q;;;;+2/p-2. The molecule has 0 fully saturated rings. The molecule has 146 valence electrons. The molecule has 0 bridgehead atoms. The first-order valence-corrected chi connectivity index (χ1v) is 12.3. The zero-order valence-corrected chi connectivity index (χ0v) is 19.3. The van der Waals surface area contributed by atoms with Crippen LogP contribution >= 0.6 is 0 Å². The normalized spacial score (nSPS) is 17.3. The van der Waals surface area contributed by atoms with E-state index < -0.39 is 23.2 Å². The van der Waals surface area contributed by atoms with Crippen LogP contribution in [-0.2, 0) is 23.2 Å². The number of fused-ring (bicyclic) bond motifs is 2. The Morgan fingerprint density at radius 3 is 2.41 bits per heavy atom. The Bertz CT molecular complexity index is 1170. The van der Waals surface area contributed by atoms with Gasteiger partial charge in [0.15, 0.2) is 0 Å². The molecule has 2 aromatic carbocycles. The summed E-state index contributed by atoms with van der Waals surface area (Å²) in [6.07, 6.45) is 6.05. The van der Waals surface area contributed by atoms with Crippen LogP contribution in [0.3, 0.4) is 0 Å². The van der Waals surface area contributed by atoms with Gasteiger partial charge in [0.25, 0.3) is 0 Å². The van der Waals surface area contributed by atoms with Gasteiger partial charge < -0.3 is 9.41 Å². The van der Waals surface area contributed by atoms with Crippen molar-refractivity contribution >= 4 is 22.7 Å². The van der Waals surface area contributed by atoms with Crippen LogP contribution in [-0.4, -0.2) is 4.57 Å². The topological polar surface area (TPSA) is 4.93 Å². The molecular formula is C25H23F2NZr. The summed E-state index contributed by atoms with van der Waals surface area (Å²) >= 11 is -0.783. The molecule has 0 radical (unpaired) electrons. The second kappa shape index (κ2) is 8.36. The summed E-state index contributed by atoms with van der Waals surface area (Å²) < 4.78 is 4.87. The molecule has 0 N–H and O–H groups in total. The summed E-state index contributed by atoms with van der Waals surface area (Å²) in [4.78, 5) is 0. The van der Waals surface area contributed by atoms with Gasteiger partial charge in [0.1, 0.15) is 0 Å². The summed E-state index contributed by atoms with van der Waals surface area (Å²) in [6, 6.07) is 20.1. The second-order valence-electron chi connectivity index (χ2n) is 7.65. The van der Waals surface area contributed by atoms with Crippen LogP contribution in [0.5, 0.6) is 0 Å². The maximum Gasteiger partial charge on any atom is -1.00 e. The number of nitrogens with zero attached hydrogens (tertiary/aromatic N) is 1. The van der Waals surface area contributed by atoms with E-state index in [4.69, 9.17) is 0 Å². The van der Waals surface area contributed by atoms with Crippen molar-refractivity contribution in [3.8, 4) is 0 Å². The quantitative estimate of drug-likeness (QED) is 0.536. The van der Waals surface area contributed by atoms with E-state index in [9.17, 15) is 0 Å². The molecule has 0 aliphatic heterocycles. The Balaban J connectivity index is 0.00000120. The van der Waals surface area contributed by atoms with Crippen LogP contribution in [0.2, 0.25) is 0 Å². The molecule has 0 spiro atoms. The molecule has 0 saturated heterocycles. The first kappa shape index (κ1) is 21.6. The minimum atomic E-state index is -0.783. The fourth-order valence-corrected chi connectivity index (χ4v) is 8.76. The van der Waals surface area contributed by atoms with Gasteiger partial charge in [0, 0.05) is 0 Å². The molecule has 1 heterocycles. The van der Waals surface area contributed by atoms with Crippen molar-refractivity contribution in [3.05, 3.63) is 91.9 Å². The van der Waals surface area contributed by atoms with E-state index in [-0.39, 0.29) is 9.41 Å². The fourth-order valence-electron chi connectivity index (χ4n) is 4.43. The molecule has 2 aliphatic rings. The molecule has 5 rings (SSSR count). The minimum absolute atomic E-state index is 0. The van der Waals surface area contributed by atoms with Crippen molar-refractivity contribution in [2.45, 2.75) is 30.8 Å². The summed E-state index contributed by atoms with van der Waals surface area (Å²) in [5, 5.41) is 1.34. The molecule has 1 nitrogen and oxygen atoms in total. The summed E-state index contributed by atoms with van der Waals surface area (Å²) in [5.41, 5.74) is 10.2. The number of allylic oxidation sites excluding steroid dienone is 5. The molecule has 4 heteroatoms. The van der Waals surface area contributed by atoms with Gasteiger partial charge in [-0.05, 0) is 0 Å². The fraction of sp³-hybridized carbons (Fsp3) is 0.200. The van der Waals surface area contributed by atoms with E-state index in [1.807, 2.05) is 0 Å². The first-order chi connectivity index (χ1) is 13.1. The van der Waals surface area contributed by atoms with E-state index in [1.165, 1.54) is 39.9 Å².